The van der Waals surface area contributed by atoms with Crippen LogP contribution in [0.5, 0.6) is 11.6 Å². The van der Waals surface area contributed by atoms with Gasteiger partial charge in [0.05, 0.1) is 28.9 Å². The summed E-state index contributed by atoms with van der Waals surface area (Å²) in [4.78, 5) is 11.3. The smallest absolute Gasteiger partial charge is 0.335 e. The highest BCUT2D eigenvalue weighted by atomic mass is 79.9. The fourth-order valence-electron chi connectivity index (χ4n) is 3.37. The van der Waals surface area contributed by atoms with E-state index in [0.717, 1.165) is 25.5 Å². The Morgan fingerprint density at radius 1 is 1.06 bits per heavy atom. The Bertz CT molecular complexity index is 1290. The first kappa shape index (κ1) is 22.4. The molecule has 164 valence electrons. The zero-order valence-corrected chi connectivity index (χ0v) is 20.4. The highest BCUT2D eigenvalue weighted by Crippen LogP contribution is 2.34. The Balaban J connectivity index is 1.52. The molecule has 0 unspecified atom stereocenters. The molecular weight excluding hydrogens is 540 g/mol. The molecule has 0 bridgehead atoms. The maximum atomic E-state index is 11.3. The van der Waals surface area contributed by atoms with Crippen LogP contribution in [0.15, 0.2) is 69.6 Å². The number of halogens is 2. The fourth-order valence-corrected chi connectivity index (χ4v) is 4.36. The third kappa shape index (κ3) is 4.81. The number of nitrogens with zero attached hydrogens (tertiary/aromatic N) is 2. The van der Waals surface area contributed by atoms with Gasteiger partial charge in [-0.05, 0) is 64.0 Å². The Labute approximate surface area is 202 Å². The Hall–Kier alpha value is -2.84. The second-order valence-electron chi connectivity index (χ2n) is 7.00. The van der Waals surface area contributed by atoms with Crippen LogP contribution in [0.3, 0.4) is 0 Å². The Morgan fingerprint density at radius 2 is 1.91 bits per heavy atom. The number of benzene rings is 3. The van der Waals surface area contributed by atoms with Crippen molar-refractivity contribution in [1.29, 1.82) is 0 Å². The number of carboxylic acids is 1. The molecule has 0 amide bonds. The van der Waals surface area contributed by atoms with Crippen LogP contribution in [-0.4, -0.2) is 34.1 Å². The molecule has 1 aromatic heterocycles. The fraction of sp³-hybridized carbons (Fsp3) is 0.167. The molecule has 1 heterocycles. The van der Waals surface area contributed by atoms with E-state index in [1.807, 2.05) is 43.3 Å². The third-order valence-corrected chi connectivity index (χ3v) is 6.19. The van der Waals surface area contributed by atoms with Gasteiger partial charge in [-0.2, -0.15) is 5.10 Å². The molecule has 0 atom stereocenters. The SMILES string of the molecule is CCOc1cc(-c2cccc(C(=O)O)c2)nn1CCOc1ccc2cc(Br)ccc2c1Br. The van der Waals surface area contributed by atoms with Crippen LogP contribution in [0.4, 0.5) is 0 Å². The predicted molar refractivity (Wildman–Crippen MR) is 131 cm³/mol. The van der Waals surface area contributed by atoms with Crippen LogP contribution in [0.25, 0.3) is 22.0 Å². The number of hydrogen-bond donors (Lipinski definition) is 1. The standard InChI is InChI=1S/C24H20Br2N2O4/c1-2-31-22-14-20(16-4-3-5-17(12-16)24(29)30)27-28(22)10-11-32-21-9-6-15-13-18(25)7-8-19(15)23(21)26/h3-9,12-14H,2,10-11H2,1H3,(H,29,30). The van der Waals surface area contributed by atoms with Crippen molar-refractivity contribution in [2.24, 2.45) is 0 Å². The van der Waals surface area contributed by atoms with Gasteiger partial charge in [-0.25, -0.2) is 9.48 Å². The molecule has 4 aromatic rings. The summed E-state index contributed by atoms with van der Waals surface area (Å²) in [6.45, 7) is 3.26. The summed E-state index contributed by atoms with van der Waals surface area (Å²) in [5.74, 6) is 0.381. The molecular formula is C24H20Br2N2O4. The van der Waals surface area contributed by atoms with Crippen LogP contribution >= 0.6 is 31.9 Å². The predicted octanol–water partition coefficient (Wildman–Crippen LogP) is 6.40. The van der Waals surface area contributed by atoms with E-state index in [9.17, 15) is 9.90 Å². The summed E-state index contributed by atoms with van der Waals surface area (Å²) in [5, 5.41) is 16.0. The normalized spacial score (nSPS) is 11.0. The van der Waals surface area contributed by atoms with Crippen LogP contribution in [-0.2, 0) is 6.54 Å². The lowest BCUT2D eigenvalue weighted by Crippen LogP contribution is -2.12. The maximum Gasteiger partial charge on any atom is 0.335 e. The Kier molecular flexibility index (Phi) is 6.81. The van der Waals surface area contributed by atoms with Gasteiger partial charge in [-0.3, -0.25) is 0 Å². The molecule has 8 heteroatoms. The lowest BCUT2D eigenvalue weighted by atomic mass is 10.1. The monoisotopic (exact) mass is 558 g/mol. The minimum Gasteiger partial charge on any atom is -0.490 e. The summed E-state index contributed by atoms with van der Waals surface area (Å²) < 4.78 is 15.4. The van der Waals surface area contributed by atoms with Crippen LogP contribution in [0.2, 0.25) is 0 Å². The van der Waals surface area contributed by atoms with E-state index in [2.05, 4.69) is 43.0 Å². The van der Waals surface area contributed by atoms with Crippen molar-refractivity contribution in [3.05, 3.63) is 75.2 Å². The van der Waals surface area contributed by atoms with Gasteiger partial charge >= 0.3 is 5.97 Å². The lowest BCUT2D eigenvalue weighted by molar-refractivity contribution is 0.0697. The summed E-state index contributed by atoms with van der Waals surface area (Å²) >= 11 is 7.15. The summed E-state index contributed by atoms with van der Waals surface area (Å²) in [6.07, 6.45) is 0. The van der Waals surface area contributed by atoms with Crippen LogP contribution in [0, 0.1) is 0 Å². The number of rotatable bonds is 8. The number of carbonyl (C=O) groups is 1. The average molecular weight is 560 g/mol. The van der Waals surface area contributed by atoms with Gasteiger partial charge < -0.3 is 14.6 Å². The van der Waals surface area contributed by atoms with Gasteiger partial charge in [-0.1, -0.05) is 40.2 Å². The first-order chi connectivity index (χ1) is 15.5. The molecule has 6 nitrogen and oxygen atoms in total. The molecule has 0 aliphatic rings. The molecule has 4 rings (SSSR count). The number of aromatic carboxylic acids is 1. The first-order valence-corrected chi connectivity index (χ1v) is 11.6. The number of aromatic nitrogens is 2. The van der Waals surface area contributed by atoms with E-state index >= 15 is 0 Å². The van der Waals surface area contributed by atoms with Crippen molar-refractivity contribution in [2.75, 3.05) is 13.2 Å². The topological polar surface area (TPSA) is 73.6 Å². The van der Waals surface area contributed by atoms with Crippen molar-refractivity contribution >= 4 is 48.6 Å². The van der Waals surface area contributed by atoms with Crippen molar-refractivity contribution < 1.29 is 19.4 Å². The molecule has 0 saturated heterocycles. The Morgan fingerprint density at radius 3 is 2.69 bits per heavy atom. The van der Waals surface area contributed by atoms with E-state index in [4.69, 9.17) is 9.47 Å². The van der Waals surface area contributed by atoms with Gasteiger partial charge in [0.15, 0.2) is 0 Å². The highest BCUT2D eigenvalue weighted by Gasteiger charge is 2.13. The van der Waals surface area contributed by atoms with E-state index in [0.29, 0.717) is 36.9 Å². The second kappa shape index (κ2) is 9.75. The molecule has 3 aromatic carbocycles. The molecule has 0 spiro atoms. The van der Waals surface area contributed by atoms with E-state index < -0.39 is 5.97 Å². The molecule has 1 N–H and O–H groups in total. The van der Waals surface area contributed by atoms with Gasteiger partial charge in [0.25, 0.3) is 0 Å². The quantitative estimate of drug-likeness (QED) is 0.270. The van der Waals surface area contributed by atoms with E-state index in [1.54, 1.807) is 22.9 Å². The van der Waals surface area contributed by atoms with Crippen molar-refractivity contribution in [2.45, 2.75) is 13.5 Å². The first-order valence-electron chi connectivity index (χ1n) is 10.0. The summed E-state index contributed by atoms with van der Waals surface area (Å²) in [7, 11) is 0. The van der Waals surface area contributed by atoms with Crippen molar-refractivity contribution in [3.63, 3.8) is 0 Å². The van der Waals surface area contributed by atoms with Gasteiger partial charge in [0, 0.05) is 16.1 Å². The van der Waals surface area contributed by atoms with Crippen LogP contribution < -0.4 is 9.47 Å². The zero-order chi connectivity index (χ0) is 22.7. The summed E-state index contributed by atoms with van der Waals surface area (Å²) in [5.41, 5.74) is 1.58. The highest BCUT2D eigenvalue weighted by molar-refractivity contribution is 9.11. The largest absolute Gasteiger partial charge is 0.490 e. The minimum absolute atomic E-state index is 0.214. The molecule has 0 saturated carbocycles. The molecule has 32 heavy (non-hydrogen) atoms. The van der Waals surface area contributed by atoms with E-state index in [1.165, 1.54) is 0 Å². The third-order valence-electron chi connectivity index (χ3n) is 4.88. The van der Waals surface area contributed by atoms with Crippen molar-refractivity contribution in [1.82, 2.24) is 9.78 Å². The van der Waals surface area contributed by atoms with E-state index in [-0.39, 0.29) is 5.56 Å². The number of hydrogen-bond acceptors (Lipinski definition) is 4. The van der Waals surface area contributed by atoms with Gasteiger partial charge in [-0.15, -0.1) is 0 Å². The molecule has 0 aliphatic heterocycles. The molecule has 0 aliphatic carbocycles. The summed E-state index contributed by atoms with van der Waals surface area (Å²) in [6, 6.07) is 18.6. The van der Waals surface area contributed by atoms with Crippen molar-refractivity contribution in [3.8, 4) is 22.9 Å². The number of carboxylic acid groups (broad SMARTS) is 1. The molecule has 0 radical (unpaired) electrons. The minimum atomic E-state index is -0.974. The zero-order valence-electron chi connectivity index (χ0n) is 17.2. The number of fused-ring (bicyclic) bond motifs is 1. The maximum absolute atomic E-state index is 11.3. The average Bonchev–Trinajstić information content (AvgIpc) is 3.18. The number of ether oxygens (including phenoxy) is 2. The second-order valence-corrected chi connectivity index (χ2v) is 8.71. The van der Waals surface area contributed by atoms with Crippen LogP contribution in [0.1, 0.15) is 17.3 Å². The van der Waals surface area contributed by atoms with Gasteiger partial charge in [0.1, 0.15) is 12.4 Å². The van der Waals surface area contributed by atoms with Gasteiger partial charge in [0.2, 0.25) is 5.88 Å². The lowest BCUT2D eigenvalue weighted by Gasteiger charge is -2.12. The molecule has 0 fully saturated rings.